The van der Waals surface area contributed by atoms with E-state index in [1.807, 2.05) is 12.1 Å². The Morgan fingerprint density at radius 2 is 1.02 bits per heavy atom. The molecule has 262 valence electrons. The fourth-order valence-electron chi connectivity index (χ4n) is 9.55. The highest BCUT2D eigenvalue weighted by molar-refractivity contribution is 6.07. The highest BCUT2D eigenvalue weighted by atomic mass is 16.5. The SMILES string of the molecule is c1ccc(-c2cccc(N(c3ccc4c(c3)C3(c5ccccc5Oc5ccccc53)c3ccc5ccccc5c3-4)c3ccc4oc5ccccc5c4c3)c2)cc1. The van der Waals surface area contributed by atoms with Crippen LogP contribution >= 0.6 is 0 Å². The van der Waals surface area contributed by atoms with Crippen LogP contribution in [0.4, 0.5) is 17.1 Å². The molecule has 1 aliphatic heterocycles. The van der Waals surface area contributed by atoms with Crippen molar-refractivity contribution in [1.82, 2.24) is 0 Å². The van der Waals surface area contributed by atoms with Crippen LogP contribution in [0.15, 0.2) is 205 Å². The van der Waals surface area contributed by atoms with Crippen LogP contribution in [0, 0.1) is 0 Å². The van der Waals surface area contributed by atoms with Crippen LogP contribution in [0.5, 0.6) is 11.5 Å². The van der Waals surface area contributed by atoms with E-state index in [9.17, 15) is 0 Å². The van der Waals surface area contributed by atoms with Crippen molar-refractivity contribution in [2.45, 2.75) is 5.41 Å². The molecule has 0 N–H and O–H groups in total. The van der Waals surface area contributed by atoms with Gasteiger partial charge < -0.3 is 14.1 Å². The lowest BCUT2D eigenvalue weighted by molar-refractivity contribution is 0.436. The Labute approximate surface area is 324 Å². The molecule has 3 nitrogen and oxygen atoms in total. The Morgan fingerprint density at radius 1 is 0.375 bits per heavy atom. The third-order valence-electron chi connectivity index (χ3n) is 11.9. The van der Waals surface area contributed by atoms with Gasteiger partial charge in [-0.15, -0.1) is 0 Å². The summed E-state index contributed by atoms with van der Waals surface area (Å²) in [6.45, 7) is 0. The fourth-order valence-corrected chi connectivity index (χ4v) is 9.55. The minimum atomic E-state index is -0.613. The molecule has 0 atom stereocenters. The second-order valence-electron chi connectivity index (χ2n) is 14.8. The van der Waals surface area contributed by atoms with Gasteiger partial charge in [-0.25, -0.2) is 0 Å². The normalized spacial score (nSPS) is 13.3. The number of rotatable bonds is 4. The molecule has 2 heterocycles. The van der Waals surface area contributed by atoms with Gasteiger partial charge in [0.05, 0.1) is 5.41 Å². The molecule has 9 aromatic carbocycles. The summed E-state index contributed by atoms with van der Waals surface area (Å²) in [7, 11) is 0. The molecule has 56 heavy (non-hydrogen) atoms. The Morgan fingerprint density at radius 3 is 1.86 bits per heavy atom. The molecule has 10 aromatic rings. The Balaban J connectivity index is 1.17. The Kier molecular flexibility index (Phi) is 6.55. The first-order valence-electron chi connectivity index (χ1n) is 19.2. The average molecular weight is 716 g/mol. The number of para-hydroxylation sites is 3. The second kappa shape index (κ2) is 11.8. The van der Waals surface area contributed by atoms with Crippen molar-refractivity contribution in [3.8, 4) is 33.8 Å². The molecule has 12 rings (SSSR count). The van der Waals surface area contributed by atoms with Crippen molar-refractivity contribution in [2.75, 3.05) is 4.90 Å². The lowest BCUT2D eigenvalue weighted by atomic mass is 9.66. The first-order valence-corrected chi connectivity index (χ1v) is 19.2. The van der Waals surface area contributed by atoms with Gasteiger partial charge in [-0.05, 0) is 105 Å². The maximum absolute atomic E-state index is 6.70. The molecule has 1 spiro atoms. The summed E-state index contributed by atoms with van der Waals surface area (Å²) in [5.41, 5.74) is 14.0. The van der Waals surface area contributed by atoms with E-state index < -0.39 is 5.41 Å². The summed E-state index contributed by atoms with van der Waals surface area (Å²) in [4.78, 5) is 2.40. The lowest BCUT2D eigenvalue weighted by Gasteiger charge is -2.39. The van der Waals surface area contributed by atoms with Crippen LogP contribution in [0.3, 0.4) is 0 Å². The number of ether oxygens (including phenoxy) is 1. The van der Waals surface area contributed by atoms with Gasteiger partial charge in [0, 0.05) is 39.0 Å². The molecule has 2 aliphatic rings. The van der Waals surface area contributed by atoms with Gasteiger partial charge in [-0.1, -0.05) is 140 Å². The van der Waals surface area contributed by atoms with Gasteiger partial charge in [0.25, 0.3) is 0 Å². The van der Waals surface area contributed by atoms with Gasteiger partial charge in [0.1, 0.15) is 22.7 Å². The number of benzene rings is 9. The van der Waals surface area contributed by atoms with Gasteiger partial charge >= 0.3 is 0 Å². The summed E-state index contributed by atoms with van der Waals surface area (Å²) in [5, 5.41) is 4.67. The monoisotopic (exact) mass is 715 g/mol. The minimum Gasteiger partial charge on any atom is -0.457 e. The fraction of sp³-hybridized carbons (Fsp3) is 0.0189. The highest BCUT2D eigenvalue weighted by Gasteiger charge is 2.51. The second-order valence-corrected chi connectivity index (χ2v) is 14.8. The van der Waals surface area contributed by atoms with Gasteiger partial charge in [-0.3, -0.25) is 0 Å². The van der Waals surface area contributed by atoms with Crippen LogP contribution in [0.1, 0.15) is 22.3 Å². The van der Waals surface area contributed by atoms with E-state index in [1.54, 1.807) is 0 Å². The smallest absolute Gasteiger partial charge is 0.135 e. The predicted molar refractivity (Wildman–Crippen MR) is 229 cm³/mol. The maximum atomic E-state index is 6.70. The van der Waals surface area contributed by atoms with Gasteiger partial charge in [0.2, 0.25) is 0 Å². The average Bonchev–Trinajstić information content (AvgIpc) is 3.78. The maximum Gasteiger partial charge on any atom is 0.135 e. The number of hydrogen-bond donors (Lipinski definition) is 0. The zero-order valence-electron chi connectivity index (χ0n) is 30.3. The lowest BCUT2D eigenvalue weighted by Crippen LogP contribution is -2.32. The highest BCUT2D eigenvalue weighted by Crippen LogP contribution is 2.63. The van der Waals surface area contributed by atoms with Gasteiger partial charge in [0.15, 0.2) is 0 Å². The van der Waals surface area contributed by atoms with E-state index in [2.05, 4.69) is 193 Å². The van der Waals surface area contributed by atoms with Crippen LogP contribution < -0.4 is 9.64 Å². The van der Waals surface area contributed by atoms with Crippen LogP contribution in [0.25, 0.3) is 55.0 Å². The van der Waals surface area contributed by atoms with E-state index in [0.29, 0.717) is 0 Å². The number of fused-ring (bicyclic) bond motifs is 14. The molecule has 1 aromatic heterocycles. The van der Waals surface area contributed by atoms with E-state index in [4.69, 9.17) is 9.15 Å². The van der Waals surface area contributed by atoms with Crippen molar-refractivity contribution in [2.24, 2.45) is 0 Å². The third kappa shape index (κ3) is 4.34. The zero-order chi connectivity index (χ0) is 36.8. The summed E-state index contributed by atoms with van der Waals surface area (Å²) in [5.74, 6) is 1.77. The quantitative estimate of drug-likeness (QED) is 0.181. The molecule has 0 unspecified atom stereocenters. The minimum absolute atomic E-state index is 0.613. The van der Waals surface area contributed by atoms with Crippen LogP contribution in [0.2, 0.25) is 0 Å². The van der Waals surface area contributed by atoms with E-state index in [-0.39, 0.29) is 0 Å². The summed E-state index contributed by atoms with van der Waals surface area (Å²) >= 11 is 0. The summed E-state index contributed by atoms with van der Waals surface area (Å²) < 4.78 is 13.0. The molecular formula is C53H33NO2. The molecule has 0 bridgehead atoms. The number of nitrogens with zero attached hydrogens (tertiary/aromatic N) is 1. The Bertz CT molecular complexity index is 3150. The van der Waals surface area contributed by atoms with Crippen LogP contribution in [-0.4, -0.2) is 0 Å². The predicted octanol–water partition coefficient (Wildman–Crippen LogP) is 14.3. The van der Waals surface area contributed by atoms with Crippen molar-refractivity contribution in [3.05, 3.63) is 222 Å². The van der Waals surface area contributed by atoms with Crippen molar-refractivity contribution >= 4 is 49.8 Å². The van der Waals surface area contributed by atoms with Crippen LogP contribution in [-0.2, 0) is 5.41 Å². The molecule has 1 aliphatic carbocycles. The molecule has 0 saturated heterocycles. The zero-order valence-corrected chi connectivity index (χ0v) is 30.3. The molecule has 0 radical (unpaired) electrons. The summed E-state index contributed by atoms with van der Waals surface area (Å²) in [6.07, 6.45) is 0. The van der Waals surface area contributed by atoms with Gasteiger partial charge in [-0.2, -0.15) is 0 Å². The van der Waals surface area contributed by atoms with Crippen molar-refractivity contribution < 1.29 is 9.15 Å². The van der Waals surface area contributed by atoms with Crippen molar-refractivity contribution in [3.63, 3.8) is 0 Å². The first kappa shape index (κ1) is 31.0. The van der Waals surface area contributed by atoms with Crippen molar-refractivity contribution in [1.29, 1.82) is 0 Å². The van der Waals surface area contributed by atoms with E-state index in [0.717, 1.165) is 67.2 Å². The molecule has 0 amide bonds. The molecule has 3 heteroatoms. The molecular weight excluding hydrogens is 683 g/mol. The largest absolute Gasteiger partial charge is 0.457 e. The number of hydrogen-bond acceptors (Lipinski definition) is 3. The van der Waals surface area contributed by atoms with E-state index >= 15 is 0 Å². The van der Waals surface area contributed by atoms with E-state index in [1.165, 1.54) is 38.6 Å². The Hall–Kier alpha value is -7.36. The first-order chi connectivity index (χ1) is 27.8. The molecule has 0 fully saturated rings. The topological polar surface area (TPSA) is 25.6 Å². The third-order valence-corrected chi connectivity index (χ3v) is 11.9. The summed E-state index contributed by atoms with van der Waals surface area (Å²) in [6, 6.07) is 72.1. The molecule has 0 saturated carbocycles. The number of anilines is 3. The number of furan rings is 1. The standard InChI is InChI=1S/C53H33NO2/c1-2-13-34(14-3-1)36-16-12-17-37(31-36)54(38-27-30-49-43(32-38)41-19-6-9-22-48(41)55-49)39-26-28-42-47(33-39)53(46-29-25-35-15-4-5-18-40(35)52(42)46)44-20-7-10-23-50(44)56-51-24-11-8-21-45(51)53/h1-33H.